The number of hydrogen-bond acceptors (Lipinski definition) is 5. The van der Waals surface area contributed by atoms with E-state index in [1.54, 1.807) is 11.3 Å². The zero-order valence-corrected chi connectivity index (χ0v) is 11.9. The lowest BCUT2D eigenvalue weighted by Crippen LogP contribution is -2.37. The number of ether oxygens (including phenoxy) is 1. The molecule has 2 aliphatic heterocycles. The second-order valence-electron chi connectivity index (χ2n) is 5.39. The molecule has 0 spiro atoms. The van der Waals surface area contributed by atoms with Crippen LogP contribution in [0.15, 0.2) is 24.3 Å². The van der Waals surface area contributed by atoms with Gasteiger partial charge in [0.2, 0.25) is 0 Å². The number of nitrogens with zero attached hydrogens (tertiary/aromatic N) is 2. The summed E-state index contributed by atoms with van der Waals surface area (Å²) in [6.45, 7) is 1.53. The minimum atomic E-state index is -0.0606. The first-order valence-corrected chi connectivity index (χ1v) is 7.92. The molecule has 5 heteroatoms. The largest absolute Gasteiger partial charge is 0.464 e. The Morgan fingerprint density at radius 1 is 1.25 bits per heavy atom. The SMILES string of the molecule is O=C1OCCC1N1CCCC1c1nc2ccccc2s1. The maximum atomic E-state index is 11.8. The molecule has 4 rings (SSSR count). The van der Waals surface area contributed by atoms with E-state index in [-0.39, 0.29) is 18.1 Å². The van der Waals surface area contributed by atoms with Gasteiger partial charge in [-0.3, -0.25) is 9.69 Å². The number of esters is 1. The van der Waals surface area contributed by atoms with Crippen molar-refractivity contribution >= 4 is 27.5 Å². The lowest BCUT2D eigenvalue weighted by atomic mass is 10.1. The van der Waals surface area contributed by atoms with Crippen molar-refractivity contribution in [2.75, 3.05) is 13.2 Å². The fourth-order valence-electron chi connectivity index (χ4n) is 3.25. The number of aromatic nitrogens is 1. The average molecular weight is 288 g/mol. The zero-order chi connectivity index (χ0) is 13.5. The van der Waals surface area contributed by atoms with Crippen LogP contribution in [0.5, 0.6) is 0 Å². The molecule has 2 atom stereocenters. The van der Waals surface area contributed by atoms with E-state index in [0.717, 1.165) is 36.3 Å². The van der Waals surface area contributed by atoms with Gasteiger partial charge in [0.15, 0.2) is 0 Å². The number of para-hydroxylation sites is 1. The van der Waals surface area contributed by atoms with E-state index in [1.807, 2.05) is 12.1 Å². The van der Waals surface area contributed by atoms with Gasteiger partial charge in [-0.15, -0.1) is 11.3 Å². The average Bonchev–Trinajstić information content (AvgIpc) is 3.15. The van der Waals surface area contributed by atoms with Crippen LogP contribution in [0.1, 0.15) is 30.3 Å². The fourth-order valence-corrected chi connectivity index (χ4v) is 4.37. The van der Waals surface area contributed by atoms with Crippen molar-refractivity contribution in [1.82, 2.24) is 9.88 Å². The van der Waals surface area contributed by atoms with Gasteiger partial charge in [0.25, 0.3) is 0 Å². The topological polar surface area (TPSA) is 42.4 Å². The van der Waals surface area contributed by atoms with Gasteiger partial charge in [-0.05, 0) is 31.5 Å². The molecular formula is C15H16N2O2S. The van der Waals surface area contributed by atoms with Gasteiger partial charge >= 0.3 is 5.97 Å². The maximum Gasteiger partial charge on any atom is 0.323 e. The Morgan fingerprint density at radius 2 is 2.15 bits per heavy atom. The van der Waals surface area contributed by atoms with Crippen molar-refractivity contribution in [3.05, 3.63) is 29.3 Å². The molecule has 0 bridgehead atoms. The van der Waals surface area contributed by atoms with Crippen LogP contribution in [0.3, 0.4) is 0 Å². The molecular weight excluding hydrogens is 272 g/mol. The summed E-state index contributed by atoms with van der Waals surface area (Å²) in [5.41, 5.74) is 1.06. The number of cyclic esters (lactones) is 1. The molecule has 1 aromatic heterocycles. The van der Waals surface area contributed by atoms with Gasteiger partial charge in [0, 0.05) is 6.42 Å². The van der Waals surface area contributed by atoms with Crippen LogP contribution in [-0.4, -0.2) is 35.0 Å². The number of likely N-dealkylation sites (tertiary alicyclic amines) is 1. The quantitative estimate of drug-likeness (QED) is 0.797. The van der Waals surface area contributed by atoms with Gasteiger partial charge < -0.3 is 4.74 Å². The summed E-state index contributed by atoms with van der Waals surface area (Å²) in [4.78, 5) is 18.9. The van der Waals surface area contributed by atoms with E-state index in [4.69, 9.17) is 9.72 Å². The molecule has 2 fully saturated rings. The second-order valence-corrected chi connectivity index (χ2v) is 6.45. The molecule has 2 aromatic rings. The molecule has 4 nitrogen and oxygen atoms in total. The van der Waals surface area contributed by atoms with E-state index >= 15 is 0 Å². The number of benzene rings is 1. The van der Waals surface area contributed by atoms with Crippen molar-refractivity contribution in [3.63, 3.8) is 0 Å². The van der Waals surface area contributed by atoms with Crippen LogP contribution < -0.4 is 0 Å². The van der Waals surface area contributed by atoms with E-state index in [9.17, 15) is 4.79 Å². The Balaban J connectivity index is 1.67. The van der Waals surface area contributed by atoms with Crippen LogP contribution in [-0.2, 0) is 9.53 Å². The van der Waals surface area contributed by atoms with Crippen LogP contribution >= 0.6 is 11.3 Å². The van der Waals surface area contributed by atoms with Crippen molar-refractivity contribution in [1.29, 1.82) is 0 Å². The Kier molecular flexibility index (Phi) is 2.97. The molecule has 0 amide bonds. The standard InChI is InChI=1S/C15H16N2O2S/c18-15-12(7-9-19-15)17-8-3-5-11(17)14-16-10-4-1-2-6-13(10)20-14/h1-2,4,6,11-12H,3,5,7-9H2. The zero-order valence-electron chi connectivity index (χ0n) is 11.1. The molecule has 0 radical (unpaired) electrons. The number of fused-ring (bicyclic) bond motifs is 1. The number of rotatable bonds is 2. The minimum absolute atomic E-state index is 0.0574. The Morgan fingerprint density at radius 3 is 2.95 bits per heavy atom. The first kappa shape index (κ1) is 12.3. The summed E-state index contributed by atoms with van der Waals surface area (Å²) >= 11 is 1.75. The normalized spacial score (nSPS) is 27.3. The molecule has 20 heavy (non-hydrogen) atoms. The summed E-state index contributed by atoms with van der Waals surface area (Å²) in [6.07, 6.45) is 3.04. The third-order valence-electron chi connectivity index (χ3n) is 4.20. The monoisotopic (exact) mass is 288 g/mol. The summed E-state index contributed by atoms with van der Waals surface area (Å²) in [5.74, 6) is -0.0574. The molecule has 104 valence electrons. The van der Waals surface area contributed by atoms with Gasteiger partial charge in [-0.2, -0.15) is 0 Å². The molecule has 0 aliphatic carbocycles. The second kappa shape index (κ2) is 4.82. The third-order valence-corrected chi connectivity index (χ3v) is 5.34. The van der Waals surface area contributed by atoms with Gasteiger partial charge in [0.1, 0.15) is 11.0 Å². The lowest BCUT2D eigenvalue weighted by Gasteiger charge is -2.26. The highest BCUT2D eigenvalue weighted by atomic mass is 32.1. The van der Waals surface area contributed by atoms with Gasteiger partial charge in [-0.1, -0.05) is 12.1 Å². The van der Waals surface area contributed by atoms with Gasteiger partial charge in [-0.25, -0.2) is 4.98 Å². The number of carbonyl (C=O) groups is 1. The highest BCUT2D eigenvalue weighted by molar-refractivity contribution is 7.18. The number of carbonyl (C=O) groups excluding carboxylic acids is 1. The summed E-state index contributed by atoms with van der Waals surface area (Å²) < 4.78 is 6.35. The highest BCUT2D eigenvalue weighted by Crippen LogP contribution is 2.38. The lowest BCUT2D eigenvalue weighted by molar-refractivity contribution is -0.142. The van der Waals surface area contributed by atoms with Gasteiger partial charge in [0.05, 0.1) is 22.9 Å². The number of hydrogen-bond donors (Lipinski definition) is 0. The molecule has 2 aliphatic rings. The predicted molar refractivity (Wildman–Crippen MR) is 77.7 cm³/mol. The van der Waals surface area contributed by atoms with Crippen LogP contribution in [0.4, 0.5) is 0 Å². The van der Waals surface area contributed by atoms with Crippen LogP contribution in [0, 0.1) is 0 Å². The Labute approximate surface area is 121 Å². The first-order valence-electron chi connectivity index (χ1n) is 7.11. The van der Waals surface area contributed by atoms with Crippen molar-refractivity contribution in [3.8, 4) is 0 Å². The predicted octanol–water partition coefficient (Wildman–Crippen LogP) is 2.75. The molecule has 0 N–H and O–H groups in total. The maximum absolute atomic E-state index is 11.8. The minimum Gasteiger partial charge on any atom is -0.464 e. The van der Waals surface area contributed by atoms with E-state index in [0.29, 0.717) is 6.61 Å². The summed E-state index contributed by atoms with van der Waals surface area (Å²) in [7, 11) is 0. The first-order chi connectivity index (χ1) is 9.83. The van der Waals surface area contributed by atoms with E-state index < -0.39 is 0 Å². The van der Waals surface area contributed by atoms with Crippen LogP contribution in [0.25, 0.3) is 10.2 Å². The molecule has 0 saturated carbocycles. The Hall–Kier alpha value is -1.46. The van der Waals surface area contributed by atoms with E-state index in [1.165, 1.54) is 4.70 Å². The summed E-state index contributed by atoms with van der Waals surface area (Å²) in [5, 5.41) is 1.14. The molecule has 1 aromatic carbocycles. The highest BCUT2D eigenvalue weighted by Gasteiger charge is 2.40. The van der Waals surface area contributed by atoms with Crippen molar-refractivity contribution in [2.24, 2.45) is 0 Å². The summed E-state index contributed by atoms with van der Waals surface area (Å²) in [6, 6.07) is 8.45. The molecule has 2 saturated heterocycles. The van der Waals surface area contributed by atoms with Crippen LogP contribution in [0.2, 0.25) is 0 Å². The van der Waals surface area contributed by atoms with Crippen molar-refractivity contribution in [2.45, 2.75) is 31.3 Å². The third kappa shape index (κ3) is 1.93. The fraction of sp³-hybridized carbons (Fsp3) is 0.467. The Bertz CT molecular complexity index is 621. The van der Waals surface area contributed by atoms with E-state index in [2.05, 4.69) is 17.0 Å². The number of thiazole rings is 1. The smallest absolute Gasteiger partial charge is 0.323 e. The van der Waals surface area contributed by atoms with Crippen molar-refractivity contribution < 1.29 is 9.53 Å². The molecule has 3 heterocycles. The molecule has 2 unspecified atom stereocenters.